The predicted octanol–water partition coefficient (Wildman–Crippen LogP) is 5.70. The molecule has 3 aromatic heterocycles. The van der Waals surface area contributed by atoms with E-state index in [0.717, 1.165) is 28.9 Å². The van der Waals surface area contributed by atoms with Crippen LogP contribution in [-0.4, -0.2) is 26.6 Å². The van der Waals surface area contributed by atoms with Gasteiger partial charge in [-0.25, -0.2) is 13.8 Å². The van der Waals surface area contributed by atoms with E-state index in [1.807, 2.05) is 0 Å². The van der Waals surface area contributed by atoms with E-state index in [9.17, 15) is 31.5 Å². The smallest absolute Gasteiger partial charge is 0.365 e. The zero-order valence-corrected chi connectivity index (χ0v) is 20.0. The number of anilines is 1. The van der Waals surface area contributed by atoms with E-state index in [0.29, 0.717) is 10.9 Å². The van der Waals surface area contributed by atoms with Crippen molar-refractivity contribution in [3.05, 3.63) is 38.1 Å². The molecule has 1 unspecified atom stereocenters. The number of amides is 2. The lowest BCUT2D eigenvalue weighted by molar-refractivity contribution is -0.142. The number of hydrogen-bond donors (Lipinski definition) is 2. The van der Waals surface area contributed by atoms with Gasteiger partial charge < -0.3 is 11.1 Å². The first-order valence-corrected chi connectivity index (χ1v) is 11.6. The van der Waals surface area contributed by atoms with E-state index in [4.69, 9.17) is 5.73 Å². The Kier molecular flexibility index (Phi) is 6.17. The number of rotatable bonds is 6. The van der Waals surface area contributed by atoms with Crippen molar-refractivity contribution in [1.29, 1.82) is 0 Å². The molecule has 182 valence electrons. The largest absolute Gasteiger partial charge is 0.436 e. The molecule has 1 fully saturated rings. The normalized spacial score (nSPS) is 15.2. The second kappa shape index (κ2) is 8.56. The van der Waals surface area contributed by atoms with Crippen molar-refractivity contribution in [2.24, 2.45) is 5.73 Å². The molecule has 0 radical (unpaired) electrons. The van der Waals surface area contributed by atoms with Crippen molar-refractivity contribution >= 4 is 55.0 Å². The predicted molar refractivity (Wildman–Crippen MR) is 118 cm³/mol. The number of carbonyl (C=O) groups is 2. The number of alkyl halides is 5. The monoisotopic (exact) mass is 565 g/mol. The molecule has 1 aliphatic rings. The fraction of sp³-hybridized carbons (Fsp3) is 0.400. The molecule has 0 bridgehead atoms. The number of fused-ring (bicyclic) bond motifs is 1. The number of halogens is 6. The molecule has 0 saturated heterocycles. The van der Waals surface area contributed by atoms with Crippen molar-refractivity contribution in [3.8, 4) is 0 Å². The Bertz CT molecular complexity index is 1320. The van der Waals surface area contributed by atoms with Crippen LogP contribution in [0.2, 0.25) is 0 Å². The van der Waals surface area contributed by atoms with Crippen molar-refractivity contribution in [2.75, 3.05) is 5.32 Å². The van der Waals surface area contributed by atoms with Gasteiger partial charge in [0.15, 0.2) is 5.69 Å². The standard InChI is InChI=1S/C20H17BrF5N5O2S/c1-6-12(21)15(20(24,25)26)30-31(6)7(2)18(33)29-13-11-9(8-3-4-8)5-10(16(22)23)28-19(11)34-14(13)17(27)32/h5,7-8,16H,3-4H2,1-2H3,(H2,27,32)(H,29,33). The van der Waals surface area contributed by atoms with Crippen molar-refractivity contribution in [2.45, 2.75) is 51.3 Å². The maximum Gasteiger partial charge on any atom is 0.436 e. The highest BCUT2D eigenvalue weighted by atomic mass is 79.9. The van der Waals surface area contributed by atoms with Gasteiger partial charge in [-0.3, -0.25) is 14.3 Å². The number of thiophene rings is 1. The Morgan fingerprint density at radius 2 is 1.97 bits per heavy atom. The first kappa shape index (κ1) is 24.5. The molecule has 1 saturated carbocycles. The summed E-state index contributed by atoms with van der Waals surface area (Å²) in [6.45, 7) is 2.71. The van der Waals surface area contributed by atoms with Crippen LogP contribution in [0.4, 0.5) is 27.6 Å². The fourth-order valence-corrected chi connectivity index (χ4v) is 5.17. The van der Waals surface area contributed by atoms with Crippen LogP contribution in [0.15, 0.2) is 10.5 Å². The van der Waals surface area contributed by atoms with Crippen LogP contribution in [0.5, 0.6) is 0 Å². The molecule has 14 heteroatoms. The van der Waals surface area contributed by atoms with Gasteiger partial charge in [-0.05, 0) is 60.2 Å². The number of primary amides is 1. The summed E-state index contributed by atoms with van der Waals surface area (Å²) in [4.78, 5) is 29.1. The molecule has 7 nitrogen and oxygen atoms in total. The van der Waals surface area contributed by atoms with Crippen LogP contribution in [0.25, 0.3) is 10.2 Å². The first-order chi connectivity index (χ1) is 15.8. The van der Waals surface area contributed by atoms with Crippen LogP contribution in [0.3, 0.4) is 0 Å². The van der Waals surface area contributed by atoms with E-state index in [2.05, 4.69) is 31.3 Å². The molecule has 4 rings (SSSR count). The minimum atomic E-state index is -4.74. The van der Waals surface area contributed by atoms with Crippen molar-refractivity contribution < 1.29 is 31.5 Å². The Labute approximate surface area is 201 Å². The molecule has 34 heavy (non-hydrogen) atoms. The molecule has 3 N–H and O–H groups in total. The van der Waals surface area contributed by atoms with Gasteiger partial charge in [-0.1, -0.05) is 0 Å². The Morgan fingerprint density at radius 1 is 1.32 bits per heavy atom. The summed E-state index contributed by atoms with van der Waals surface area (Å²) in [7, 11) is 0. The van der Waals surface area contributed by atoms with Crippen LogP contribution < -0.4 is 11.1 Å². The van der Waals surface area contributed by atoms with Crippen LogP contribution in [0.1, 0.15) is 70.5 Å². The summed E-state index contributed by atoms with van der Waals surface area (Å²) >= 11 is 3.64. The van der Waals surface area contributed by atoms with E-state index in [1.54, 1.807) is 0 Å². The highest BCUT2D eigenvalue weighted by Gasteiger charge is 2.39. The first-order valence-electron chi connectivity index (χ1n) is 9.99. The average molecular weight is 566 g/mol. The molecule has 0 aliphatic heterocycles. The molecule has 1 aliphatic carbocycles. The number of carbonyl (C=O) groups excluding carboxylic acids is 2. The quantitative estimate of drug-likeness (QED) is 0.374. The third kappa shape index (κ3) is 4.28. The zero-order chi connectivity index (χ0) is 25.1. The third-order valence-corrected chi connectivity index (χ3v) is 7.56. The summed E-state index contributed by atoms with van der Waals surface area (Å²) < 4.78 is 67.0. The van der Waals surface area contributed by atoms with Gasteiger partial charge in [0.05, 0.1) is 15.9 Å². The van der Waals surface area contributed by atoms with E-state index >= 15 is 0 Å². The number of nitrogens with one attached hydrogen (secondary N) is 1. The Morgan fingerprint density at radius 3 is 2.47 bits per heavy atom. The lowest BCUT2D eigenvalue weighted by Gasteiger charge is -2.16. The average Bonchev–Trinajstić information content (AvgIpc) is 3.46. The van der Waals surface area contributed by atoms with Gasteiger partial charge in [-0.2, -0.15) is 18.3 Å². The van der Waals surface area contributed by atoms with Gasteiger partial charge >= 0.3 is 6.18 Å². The molecule has 2 amide bonds. The van der Waals surface area contributed by atoms with Gasteiger partial charge in [0.2, 0.25) is 5.91 Å². The summed E-state index contributed by atoms with van der Waals surface area (Å²) in [6, 6.07) is 0.0479. The number of hydrogen-bond acceptors (Lipinski definition) is 5. The van der Waals surface area contributed by atoms with Crippen LogP contribution >= 0.6 is 27.3 Å². The zero-order valence-electron chi connectivity index (χ0n) is 17.6. The Hall–Kier alpha value is -2.61. The molecular formula is C20H17BrF5N5O2S. The third-order valence-electron chi connectivity index (χ3n) is 5.52. The highest BCUT2D eigenvalue weighted by molar-refractivity contribution is 9.10. The molecule has 0 spiro atoms. The van der Waals surface area contributed by atoms with Crippen LogP contribution in [0, 0.1) is 6.92 Å². The maximum absolute atomic E-state index is 13.4. The molecule has 1 atom stereocenters. The van der Waals surface area contributed by atoms with Gasteiger partial charge in [0.25, 0.3) is 12.3 Å². The van der Waals surface area contributed by atoms with E-state index in [1.165, 1.54) is 19.9 Å². The summed E-state index contributed by atoms with van der Waals surface area (Å²) in [5, 5.41) is 6.44. The minimum Gasteiger partial charge on any atom is -0.365 e. The topological polar surface area (TPSA) is 103 Å². The van der Waals surface area contributed by atoms with Crippen molar-refractivity contribution in [1.82, 2.24) is 14.8 Å². The summed E-state index contributed by atoms with van der Waals surface area (Å²) in [5.74, 6) is -1.71. The highest BCUT2D eigenvalue weighted by Crippen LogP contribution is 2.48. The van der Waals surface area contributed by atoms with Gasteiger partial charge in [0.1, 0.15) is 21.4 Å². The van der Waals surface area contributed by atoms with Crippen molar-refractivity contribution in [3.63, 3.8) is 0 Å². The number of aromatic nitrogens is 3. The molecular weight excluding hydrogens is 549 g/mol. The van der Waals surface area contributed by atoms with Gasteiger partial charge in [-0.15, -0.1) is 11.3 Å². The number of pyridine rings is 1. The van der Waals surface area contributed by atoms with Gasteiger partial charge in [0, 0.05) is 5.39 Å². The summed E-state index contributed by atoms with van der Waals surface area (Å²) in [6.07, 6.45) is -6.08. The molecule has 3 aromatic rings. The second-order valence-corrected chi connectivity index (χ2v) is 9.71. The summed E-state index contributed by atoms with van der Waals surface area (Å²) in [5.41, 5.74) is 4.45. The lowest BCUT2D eigenvalue weighted by Crippen LogP contribution is -2.26. The van der Waals surface area contributed by atoms with E-state index in [-0.39, 0.29) is 31.5 Å². The number of nitrogens with zero attached hydrogens (tertiary/aromatic N) is 3. The molecule has 0 aromatic carbocycles. The lowest BCUT2D eigenvalue weighted by atomic mass is 10.0. The maximum atomic E-state index is 13.4. The SMILES string of the molecule is Cc1c(Br)c(C(F)(F)F)nn1C(C)C(=O)Nc1c(C(N)=O)sc2nc(C(F)F)cc(C3CC3)c12. The second-order valence-electron chi connectivity index (χ2n) is 7.92. The Balaban J connectivity index is 1.78. The minimum absolute atomic E-state index is 0.0134. The molecule has 3 heterocycles. The van der Waals surface area contributed by atoms with Crippen LogP contribution in [-0.2, 0) is 11.0 Å². The van der Waals surface area contributed by atoms with E-state index < -0.39 is 41.8 Å². The number of nitrogens with two attached hydrogens (primary N) is 1. The fourth-order valence-electron chi connectivity index (χ4n) is 3.66.